The third-order valence-electron chi connectivity index (χ3n) is 2.73. The monoisotopic (exact) mass is 327 g/mol. The molecule has 106 valence electrons. The first-order chi connectivity index (χ1) is 9.06. The molecule has 19 heavy (non-hydrogen) atoms. The molecular formula is C15H22BrNO2. The number of nitrogens with one attached hydrogen (secondary N) is 1. The maximum absolute atomic E-state index is 11.9. The summed E-state index contributed by atoms with van der Waals surface area (Å²) >= 11 is 3.41. The van der Waals surface area contributed by atoms with E-state index in [-0.39, 0.29) is 12.0 Å². The fourth-order valence-electron chi connectivity index (χ4n) is 1.82. The summed E-state index contributed by atoms with van der Waals surface area (Å²) in [5.74, 6) is 0.254. The molecule has 3 nitrogen and oxygen atoms in total. The molecule has 1 aromatic rings. The Kier molecular flexibility index (Phi) is 6.92. The second-order valence-electron chi connectivity index (χ2n) is 4.91. The smallest absolute Gasteiger partial charge is 0.328 e. The normalized spacial score (nSPS) is 12.3. The molecule has 0 unspecified atom stereocenters. The van der Waals surface area contributed by atoms with Gasteiger partial charge in [0.1, 0.15) is 6.04 Å². The first-order valence-corrected chi connectivity index (χ1v) is 7.77. The average molecular weight is 328 g/mol. The van der Waals surface area contributed by atoms with Crippen LogP contribution in [-0.4, -0.2) is 18.6 Å². The Balaban J connectivity index is 2.72. The number of carbonyl (C=O) groups is 1. The van der Waals surface area contributed by atoms with Gasteiger partial charge in [-0.25, -0.2) is 4.79 Å². The van der Waals surface area contributed by atoms with Gasteiger partial charge in [-0.1, -0.05) is 41.9 Å². The maximum atomic E-state index is 11.9. The van der Waals surface area contributed by atoms with Crippen LogP contribution in [0, 0.1) is 5.92 Å². The molecule has 0 aliphatic carbocycles. The van der Waals surface area contributed by atoms with Crippen LogP contribution < -0.4 is 5.32 Å². The summed E-state index contributed by atoms with van der Waals surface area (Å²) in [7, 11) is 0. The number of carbonyl (C=O) groups excluding carboxylic acids is 1. The molecule has 0 amide bonds. The van der Waals surface area contributed by atoms with Crippen LogP contribution in [0.2, 0.25) is 0 Å². The van der Waals surface area contributed by atoms with E-state index in [9.17, 15) is 4.79 Å². The Morgan fingerprint density at radius 2 is 1.95 bits per heavy atom. The number of alkyl halides is 1. The number of anilines is 1. The van der Waals surface area contributed by atoms with Gasteiger partial charge in [0, 0.05) is 11.0 Å². The molecule has 0 aliphatic rings. The minimum absolute atomic E-state index is 0.180. The topological polar surface area (TPSA) is 38.3 Å². The van der Waals surface area contributed by atoms with Crippen molar-refractivity contribution in [2.24, 2.45) is 5.92 Å². The van der Waals surface area contributed by atoms with Gasteiger partial charge in [-0.2, -0.15) is 0 Å². The van der Waals surface area contributed by atoms with Gasteiger partial charge in [0.2, 0.25) is 0 Å². The number of hydrogen-bond acceptors (Lipinski definition) is 3. The minimum Gasteiger partial charge on any atom is -0.464 e. The van der Waals surface area contributed by atoms with E-state index in [1.54, 1.807) is 0 Å². The highest BCUT2D eigenvalue weighted by Gasteiger charge is 2.20. The zero-order chi connectivity index (χ0) is 14.3. The van der Waals surface area contributed by atoms with Crippen LogP contribution in [0.3, 0.4) is 0 Å². The highest BCUT2D eigenvalue weighted by Crippen LogP contribution is 2.16. The largest absolute Gasteiger partial charge is 0.464 e. The lowest BCUT2D eigenvalue weighted by Gasteiger charge is -2.20. The molecule has 0 spiro atoms. The van der Waals surface area contributed by atoms with Gasteiger partial charge >= 0.3 is 5.97 Å². The molecule has 1 aromatic carbocycles. The summed E-state index contributed by atoms with van der Waals surface area (Å²) < 4.78 is 5.11. The van der Waals surface area contributed by atoms with Crippen molar-refractivity contribution in [2.75, 3.05) is 11.9 Å². The van der Waals surface area contributed by atoms with Crippen molar-refractivity contribution < 1.29 is 9.53 Å². The lowest BCUT2D eigenvalue weighted by atomic mass is 10.0. The van der Waals surface area contributed by atoms with Gasteiger partial charge in [0.15, 0.2) is 0 Å². The fourth-order valence-corrected chi connectivity index (χ4v) is 2.19. The third-order valence-corrected chi connectivity index (χ3v) is 3.37. The van der Waals surface area contributed by atoms with Gasteiger partial charge in [-0.05, 0) is 37.0 Å². The Bertz CT molecular complexity index is 390. The van der Waals surface area contributed by atoms with E-state index in [1.165, 1.54) is 5.56 Å². The number of hydrogen-bond donors (Lipinski definition) is 1. The molecule has 0 saturated heterocycles. The van der Waals surface area contributed by atoms with Crippen molar-refractivity contribution in [3.05, 3.63) is 29.8 Å². The summed E-state index contributed by atoms with van der Waals surface area (Å²) in [5, 5.41) is 4.09. The van der Waals surface area contributed by atoms with Crippen LogP contribution >= 0.6 is 15.9 Å². The number of esters is 1. The summed E-state index contributed by atoms with van der Waals surface area (Å²) in [6, 6.07) is 7.77. The minimum atomic E-state index is -0.283. The van der Waals surface area contributed by atoms with E-state index < -0.39 is 0 Å². The molecule has 0 fully saturated rings. The first kappa shape index (κ1) is 16.0. The van der Waals surface area contributed by atoms with Crippen LogP contribution in [0.5, 0.6) is 0 Å². The first-order valence-electron chi connectivity index (χ1n) is 6.64. The zero-order valence-corrected chi connectivity index (χ0v) is 13.4. The van der Waals surface area contributed by atoms with E-state index >= 15 is 0 Å². The Hall–Kier alpha value is -1.03. The molecule has 0 aliphatic heterocycles. The van der Waals surface area contributed by atoms with E-state index in [0.717, 1.165) is 17.4 Å². The molecule has 0 saturated carbocycles. The molecule has 1 rings (SSSR count). The van der Waals surface area contributed by atoms with Gasteiger partial charge in [-0.15, -0.1) is 0 Å². The lowest BCUT2D eigenvalue weighted by molar-refractivity contribution is -0.144. The average Bonchev–Trinajstić information content (AvgIpc) is 2.38. The quantitative estimate of drug-likeness (QED) is 0.608. The van der Waals surface area contributed by atoms with Gasteiger partial charge in [0.25, 0.3) is 0 Å². The molecule has 1 atom stereocenters. The molecular weight excluding hydrogens is 306 g/mol. The van der Waals surface area contributed by atoms with Crippen molar-refractivity contribution in [1.29, 1.82) is 0 Å². The Morgan fingerprint density at radius 3 is 2.42 bits per heavy atom. The summed E-state index contributed by atoms with van der Waals surface area (Å²) in [4.78, 5) is 11.9. The fraction of sp³-hybridized carbons (Fsp3) is 0.533. The van der Waals surface area contributed by atoms with Crippen LogP contribution in [-0.2, 0) is 14.9 Å². The van der Waals surface area contributed by atoms with Crippen molar-refractivity contribution in [3.8, 4) is 0 Å². The summed E-state index contributed by atoms with van der Waals surface area (Å²) in [5.41, 5.74) is 2.16. The molecule has 0 radical (unpaired) electrons. The summed E-state index contributed by atoms with van der Waals surface area (Å²) in [6.07, 6.45) is 0.763. The van der Waals surface area contributed by atoms with Crippen LogP contribution in [0.25, 0.3) is 0 Å². The van der Waals surface area contributed by atoms with Crippen molar-refractivity contribution in [2.45, 2.75) is 38.6 Å². The predicted octanol–water partition coefficient (Wildman–Crippen LogP) is 3.97. The second-order valence-corrected chi connectivity index (χ2v) is 5.47. The zero-order valence-electron chi connectivity index (χ0n) is 11.8. The maximum Gasteiger partial charge on any atom is 0.328 e. The second kappa shape index (κ2) is 8.20. The molecule has 4 heteroatoms. The van der Waals surface area contributed by atoms with E-state index in [4.69, 9.17) is 4.74 Å². The number of halogens is 1. The van der Waals surface area contributed by atoms with Crippen molar-refractivity contribution in [1.82, 2.24) is 0 Å². The highest BCUT2D eigenvalue weighted by molar-refractivity contribution is 9.08. The van der Waals surface area contributed by atoms with E-state index in [2.05, 4.69) is 35.1 Å². The van der Waals surface area contributed by atoms with Gasteiger partial charge in [-0.3, -0.25) is 0 Å². The van der Waals surface area contributed by atoms with Crippen LogP contribution in [0.15, 0.2) is 24.3 Å². The Morgan fingerprint density at radius 1 is 1.32 bits per heavy atom. The SMILES string of the molecule is CCOC(=O)[C@H](CC(C)C)Nc1ccc(CBr)cc1. The lowest BCUT2D eigenvalue weighted by Crippen LogP contribution is -2.32. The molecule has 0 aromatic heterocycles. The van der Waals surface area contributed by atoms with Crippen molar-refractivity contribution in [3.63, 3.8) is 0 Å². The highest BCUT2D eigenvalue weighted by atomic mass is 79.9. The van der Waals surface area contributed by atoms with Crippen LogP contribution in [0.1, 0.15) is 32.8 Å². The van der Waals surface area contributed by atoms with Gasteiger partial charge in [0.05, 0.1) is 6.61 Å². The summed E-state index contributed by atoms with van der Waals surface area (Å²) in [6.45, 7) is 6.44. The molecule has 0 bridgehead atoms. The number of ether oxygens (including phenoxy) is 1. The Labute approximate surface area is 123 Å². The molecule has 1 N–H and O–H groups in total. The van der Waals surface area contributed by atoms with Gasteiger partial charge < -0.3 is 10.1 Å². The third kappa shape index (κ3) is 5.64. The standard InChI is InChI=1S/C15H22BrNO2/c1-4-19-15(18)14(9-11(2)3)17-13-7-5-12(10-16)6-8-13/h5-8,11,14,17H,4,9-10H2,1-3H3/t14-/m0/s1. The number of benzene rings is 1. The van der Waals surface area contributed by atoms with Crippen molar-refractivity contribution >= 4 is 27.6 Å². The van der Waals surface area contributed by atoms with E-state index in [1.807, 2.05) is 31.2 Å². The number of rotatable bonds is 7. The molecule has 0 heterocycles. The van der Waals surface area contributed by atoms with E-state index in [0.29, 0.717) is 12.5 Å². The predicted molar refractivity (Wildman–Crippen MR) is 82.6 cm³/mol. The van der Waals surface area contributed by atoms with Crippen LogP contribution in [0.4, 0.5) is 5.69 Å².